The van der Waals surface area contributed by atoms with Crippen LogP contribution in [0.3, 0.4) is 0 Å². The summed E-state index contributed by atoms with van der Waals surface area (Å²) in [6.45, 7) is 2.25. The van der Waals surface area contributed by atoms with E-state index < -0.39 is 0 Å². The van der Waals surface area contributed by atoms with Crippen LogP contribution in [0.5, 0.6) is 5.75 Å². The Labute approximate surface area is 199 Å². The predicted molar refractivity (Wildman–Crippen MR) is 135 cm³/mol. The van der Waals surface area contributed by atoms with Gasteiger partial charge in [-0.15, -0.1) is 0 Å². The number of benzene rings is 2. The summed E-state index contributed by atoms with van der Waals surface area (Å²) in [5.74, 6) is 1.79. The SMILES string of the molecule is COc1cccc(C23CCN(C)CC2CCC(NC(=O)CCCCCc2ccccc2)C3)c1. The van der Waals surface area contributed by atoms with Crippen molar-refractivity contribution in [2.45, 2.75) is 69.2 Å². The van der Waals surface area contributed by atoms with Crippen LogP contribution >= 0.6 is 0 Å². The average Bonchev–Trinajstić information content (AvgIpc) is 2.84. The van der Waals surface area contributed by atoms with E-state index in [1.54, 1.807) is 7.11 Å². The highest BCUT2D eigenvalue weighted by Gasteiger charge is 2.47. The summed E-state index contributed by atoms with van der Waals surface area (Å²) in [7, 11) is 3.98. The maximum absolute atomic E-state index is 12.8. The topological polar surface area (TPSA) is 41.6 Å². The van der Waals surface area contributed by atoms with Crippen LogP contribution in [0.25, 0.3) is 0 Å². The first-order valence-electron chi connectivity index (χ1n) is 12.8. The molecule has 4 rings (SSSR count). The van der Waals surface area contributed by atoms with Crippen LogP contribution in [0.15, 0.2) is 54.6 Å². The van der Waals surface area contributed by atoms with Crippen LogP contribution < -0.4 is 10.1 Å². The lowest BCUT2D eigenvalue weighted by Crippen LogP contribution is -2.55. The van der Waals surface area contributed by atoms with Crippen molar-refractivity contribution in [1.29, 1.82) is 0 Å². The molecule has 3 unspecified atom stereocenters. The van der Waals surface area contributed by atoms with Crippen molar-refractivity contribution in [2.75, 3.05) is 27.2 Å². The van der Waals surface area contributed by atoms with Gasteiger partial charge in [0, 0.05) is 24.4 Å². The van der Waals surface area contributed by atoms with E-state index in [9.17, 15) is 4.79 Å². The molecule has 2 aliphatic rings. The molecule has 0 aromatic heterocycles. The summed E-state index contributed by atoms with van der Waals surface area (Å²) in [5.41, 5.74) is 2.91. The second-order valence-electron chi connectivity index (χ2n) is 10.2. The maximum atomic E-state index is 12.8. The van der Waals surface area contributed by atoms with E-state index in [4.69, 9.17) is 4.74 Å². The Balaban J connectivity index is 1.32. The number of likely N-dealkylation sites (tertiary alicyclic amines) is 1. The fourth-order valence-corrected chi connectivity index (χ4v) is 6.11. The number of nitrogens with one attached hydrogen (secondary N) is 1. The zero-order valence-corrected chi connectivity index (χ0v) is 20.4. The van der Waals surface area contributed by atoms with Crippen molar-refractivity contribution in [1.82, 2.24) is 10.2 Å². The van der Waals surface area contributed by atoms with Crippen LogP contribution in [0.2, 0.25) is 0 Å². The van der Waals surface area contributed by atoms with E-state index in [1.165, 1.54) is 17.5 Å². The lowest BCUT2D eigenvalue weighted by molar-refractivity contribution is -0.122. The van der Waals surface area contributed by atoms with E-state index in [-0.39, 0.29) is 17.4 Å². The molecule has 1 saturated carbocycles. The summed E-state index contributed by atoms with van der Waals surface area (Å²) in [5, 5.41) is 3.41. The second kappa shape index (κ2) is 11.2. The average molecular weight is 449 g/mol. The Morgan fingerprint density at radius 2 is 1.94 bits per heavy atom. The molecule has 4 nitrogen and oxygen atoms in total. The molecule has 1 heterocycles. The molecule has 33 heavy (non-hydrogen) atoms. The number of rotatable bonds is 9. The third kappa shape index (κ3) is 5.97. The molecule has 2 aromatic rings. The van der Waals surface area contributed by atoms with E-state index in [0.29, 0.717) is 12.3 Å². The summed E-state index contributed by atoms with van der Waals surface area (Å²) in [6.07, 6.45) is 9.41. The third-order valence-electron chi connectivity index (χ3n) is 7.95. The molecule has 1 amide bonds. The van der Waals surface area contributed by atoms with Crippen LogP contribution in [0, 0.1) is 5.92 Å². The lowest BCUT2D eigenvalue weighted by atomic mass is 9.58. The van der Waals surface area contributed by atoms with Crippen molar-refractivity contribution in [3.05, 3.63) is 65.7 Å². The first-order chi connectivity index (χ1) is 16.1. The van der Waals surface area contributed by atoms with E-state index in [2.05, 4.69) is 65.8 Å². The van der Waals surface area contributed by atoms with Gasteiger partial charge >= 0.3 is 0 Å². The van der Waals surface area contributed by atoms with Gasteiger partial charge in [0.25, 0.3) is 0 Å². The number of unbranched alkanes of at least 4 members (excludes halogenated alkanes) is 2. The third-order valence-corrected chi connectivity index (χ3v) is 7.95. The van der Waals surface area contributed by atoms with Crippen molar-refractivity contribution >= 4 is 5.91 Å². The molecule has 4 heteroatoms. The van der Waals surface area contributed by atoms with Gasteiger partial charge in [0.15, 0.2) is 0 Å². The highest BCUT2D eigenvalue weighted by atomic mass is 16.5. The summed E-state index contributed by atoms with van der Waals surface area (Å²) >= 11 is 0. The lowest BCUT2D eigenvalue weighted by Gasteiger charge is -2.52. The fourth-order valence-electron chi connectivity index (χ4n) is 6.11. The predicted octanol–water partition coefficient (Wildman–Crippen LogP) is 5.36. The number of ether oxygens (including phenoxy) is 1. The molecule has 0 bridgehead atoms. The number of hydrogen-bond donors (Lipinski definition) is 1. The van der Waals surface area contributed by atoms with Gasteiger partial charge < -0.3 is 15.0 Å². The number of carbonyl (C=O) groups excluding carboxylic acids is 1. The molecule has 2 fully saturated rings. The molecule has 178 valence electrons. The summed E-state index contributed by atoms with van der Waals surface area (Å²) in [6, 6.07) is 19.6. The van der Waals surface area contributed by atoms with Crippen LogP contribution in [0.4, 0.5) is 0 Å². The molecule has 2 aromatic carbocycles. The van der Waals surface area contributed by atoms with Crippen LogP contribution in [-0.4, -0.2) is 44.1 Å². The number of amides is 1. The molecule has 1 aliphatic carbocycles. The zero-order valence-electron chi connectivity index (χ0n) is 20.4. The number of fused-ring (bicyclic) bond motifs is 1. The van der Waals surface area contributed by atoms with Crippen molar-refractivity contribution in [3.8, 4) is 5.75 Å². The summed E-state index contributed by atoms with van der Waals surface area (Å²) < 4.78 is 5.55. The van der Waals surface area contributed by atoms with Crippen molar-refractivity contribution in [2.24, 2.45) is 5.92 Å². The van der Waals surface area contributed by atoms with E-state index in [1.807, 2.05) is 6.07 Å². The van der Waals surface area contributed by atoms with Gasteiger partial charge in [-0.25, -0.2) is 0 Å². The van der Waals surface area contributed by atoms with E-state index >= 15 is 0 Å². The van der Waals surface area contributed by atoms with Gasteiger partial charge in [0.2, 0.25) is 5.91 Å². The Morgan fingerprint density at radius 3 is 2.76 bits per heavy atom. The fraction of sp³-hybridized carbons (Fsp3) is 0.552. The van der Waals surface area contributed by atoms with Crippen LogP contribution in [-0.2, 0) is 16.6 Å². The highest BCUT2D eigenvalue weighted by Crippen LogP contribution is 2.49. The molecular formula is C29H40N2O2. The minimum atomic E-state index is 0.132. The van der Waals surface area contributed by atoms with Gasteiger partial charge in [-0.2, -0.15) is 0 Å². The summed E-state index contributed by atoms with van der Waals surface area (Å²) in [4.78, 5) is 15.2. The first-order valence-corrected chi connectivity index (χ1v) is 12.8. The second-order valence-corrected chi connectivity index (χ2v) is 10.2. The molecule has 0 radical (unpaired) electrons. The largest absolute Gasteiger partial charge is 0.497 e. The first kappa shape index (κ1) is 23.8. The van der Waals surface area contributed by atoms with Gasteiger partial charge in [0.1, 0.15) is 5.75 Å². The zero-order chi connectivity index (χ0) is 23.1. The van der Waals surface area contributed by atoms with Crippen molar-refractivity contribution < 1.29 is 9.53 Å². The molecule has 1 aliphatic heterocycles. The standard InChI is InChI=1S/C29H40N2O2/c1-31-19-18-29(24-13-9-14-27(20-24)33-2)21-26(17-16-25(29)22-31)30-28(32)15-8-4-7-12-23-10-5-3-6-11-23/h3,5-6,9-11,13-14,20,25-26H,4,7-8,12,15-19,21-22H2,1-2H3,(H,30,32). The van der Waals surface area contributed by atoms with Crippen LogP contribution in [0.1, 0.15) is 62.5 Å². The monoisotopic (exact) mass is 448 g/mol. The highest BCUT2D eigenvalue weighted by molar-refractivity contribution is 5.76. The van der Waals surface area contributed by atoms with Gasteiger partial charge in [-0.05, 0) is 87.7 Å². The molecule has 3 atom stereocenters. The normalized spacial score (nSPS) is 25.3. The molecular weight excluding hydrogens is 408 g/mol. The van der Waals surface area contributed by atoms with Crippen molar-refractivity contribution in [3.63, 3.8) is 0 Å². The number of methoxy groups -OCH3 is 1. The number of hydrogen-bond acceptors (Lipinski definition) is 3. The maximum Gasteiger partial charge on any atom is 0.220 e. The number of piperidine rings is 1. The Bertz CT molecular complexity index is 900. The number of nitrogens with zero attached hydrogens (tertiary/aromatic N) is 1. The van der Waals surface area contributed by atoms with E-state index in [0.717, 1.165) is 63.8 Å². The quantitative estimate of drug-likeness (QED) is 0.525. The minimum Gasteiger partial charge on any atom is -0.497 e. The Hall–Kier alpha value is -2.33. The molecule has 1 N–H and O–H groups in total. The number of aryl methyl sites for hydroxylation is 1. The minimum absolute atomic E-state index is 0.132. The molecule has 1 saturated heterocycles. The molecule has 0 spiro atoms. The smallest absolute Gasteiger partial charge is 0.220 e. The number of carbonyl (C=O) groups is 1. The Morgan fingerprint density at radius 1 is 1.09 bits per heavy atom. The van der Waals surface area contributed by atoms with Gasteiger partial charge in [-0.1, -0.05) is 48.9 Å². The van der Waals surface area contributed by atoms with Gasteiger partial charge in [-0.3, -0.25) is 4.79 Å². The van der Waals surface area contributed by atoms with Gasteiger partial charge in [0.05, 0.1) is 7.11 Å². The Kier molecular flexibility index (Phi) is 8.08.